The molecule has 0 bridgehead atoms. The molecule has 1 aliphatic heterocycles. The van der Waals surface area contributed by atoms with Crippen molar-refractivity contribution in [1.29, 1.82) is 0 Å². The molecule has 0 aliphatic carbocycles. The molecule has 2 rings (SSSR count). The van der Waals surface area contributed by atoms with Crippen LogP contribution in [0, 0.1) is 5.92 Å². The first-order valence-electron chi connectivity index (χ1n) is 7.45. The zero-order valence-corrected chi connectivity index (χ0v) is 12.4. The number of carbonyl (C=O) groups excluding carboxylic acids is 1. The third kappa shape index (κ3) is 3.44. The summed E-state index contributed by atoms with van der Waals surface area (Å²) in [4.78, 5) is 15.0. The van der Waals surface area contributed by atoms with Gasteiger partial charge < -0.3 is 4.90 Å². The van der Waals surface area contributed by atoms with Crippen LogP contribution in [0.2, 0.25) is 0 Å². The lowest BCUT2D eigenvalue weighted by atomic mass is 9.90. The molecule has 0 N–H and O–H groups in total. The number of hydrogen-bond acceptors (Lipinski definition) is 2. The molecule has 0 amide bonds. The topological polar surface area (TPSA) is 20.3 Å². The zero-order chi connectivity index (χ0) is 13.8. The third-order valence-electron chi connectivity index (χ3n) is 4.03. The van der Waals surface area contributed by atoms with E-state index in [0.29, 0.717) is 11.7 Å². The van der Waals surface area contributed by atoms with Crippen molar-refractivity contribution in [3.8, 4) is 0 Å². The van der Waals surface area contributed by atoms with E-state index in [1.54, 1.807) is 0 Å². The average Bonchev–Trinajstić information content (AvgIpc) is 2.90. The van der Waals surface area contributed by atoms with Crippen molar-refractivity contribution in [3.05, 3.63) is 35.4 Å². The molecule has 1 aromatic rings. The van der Waals surface area contributed by atoms with Gasteiger partial charge in [0.2, 0.25) is 0 Å². The van der Waals surface area contributed by atoms with Crippen LogP contribution in [-0.4, -0.2) is 30.3 Å². The Morgan fingerprint density at radius 2 is 1.79 bits per heavy atom. The molecule has 1 heterocycles. The van der Waals surface area contributed by atoms with Crippen LogP contribution in [0.4, 0.5) is 0 Å². The van der Waals surface area contributed by atoms with Gasteiger partial charge in [-0.05, 0) is 37.4 Å². The number of nitrogens with zero attached hydrogens (tertiary/aromatic N) is 1. The molecule has 2 heteroatoms. The van der Waals surface area contributed by atoms with Gasteiger partial charge in [-0.1, -0.05) is 45.0 Å². The highest BCUT2D eigenvalue weighted by molar-refractivity contribution is 5.99. The van der Waals surface area contributed by atoms with Crippen LogP contribution < -0.4 is 0 Å². The highest BCUT2D eigenvalue weighted by Gasteiger charge is 2.22. The number of ketones is 1. The van der Waals surface area contributed by atoms with Gasteiger partial charge in [-0.3, -0.25) is 4.79 Å². The van der Waals surface area contributed by atoms with Crippen molar-refractivity contribution in [3.63, 3.8) is 0 Å². The van der Waals surface area contributed by atoms with E-state index in [4.69, 9.17) is 0 Å². The van der Waals surface area contributed by atoms with E-state index in [1.165, 1.54) is 18.4 Å². The molecule has 0 spiro atoms. The highest BCUT2D eigenvalue weighted by atomic mass is 16.1. The second-order valence-corrected chi connectivity index (χ2v) is 6.01. The fourth-order valence-electron chi connectivity index (χ4n) is 2.93. The van der Waals surface area contributed by atoms with Crippen molar-refractivity contribution in [2.75, 3.05) is 19.6 Å². The van der Waals surface area contributed by atoms with Gasteiger partial charge in [-0.15, -0.1) is 0 Å². The first-order valence-corrected chi connectivity index (χ1v) is 7.45. The second kappa shape index (κ2) is 6.33. The van der Waals surface area contributed by atoms with Crippen molar-refractivity contribution in [1.82, 2.24) is 4.90 Å². The first-order chi connectivity index (χ1) is 9.09. The summed E-state index contributed by atoms with van der Waals surface area (Å²) in [6.07, 6.45) is 2.56. The van der Waals surface area contributed by atoms with Crippen molar-refractivity contribution in [2.24, 2.45) is 5.92 Å². The number of benzene rings is 1. The maximum atomic E-state index is 12.6. The van der Waals surface area contributed by atoms with E-state index < -0.39 is 0 Å². The number of carbonyl (C=O) groups is 1. The summed E-state index contributed by atoms with van der Waals surface area (Å²) in [6.45, 7) is 9.59. The normalized spacial score (nSPS) is 17.9. The predicted molar refractivity (Wildman–Crippen MR) is 79.7 cm³/mol. The number of rotatable bonds is 5. The van der Waals surface area contributed by atoms with Crippen LogP contribution >= 0.6 is 0 Å². The molecule has 2 nitrogen and oxygen atoms in total. The Morgan fingerprint density at radius 1 is 1.16 bits per heavy atom. The average molecular weight is 259 g/mol. The summed E-state index contributed by atoms with van der Waals surface area (Å²) >= 11 is 0. The molecule has 0 radical (unpaired) electrons. The van der Waals surface area contributed by atoms with Gasteiger partial charge in [0, 0.05) is 18.0 Å². The molecule has 1 unspecified atom stereocenters. The van der Waals surface area contributed by atoms with Crippen LogP contribution in [0.1, 0.15) is 55.5 Å². The molecular formula is C17H25NO. The summed E-state index contributed by atoms with van der Waals surface area (Å²) in [7, 11) is 0. The van der Waals surface area contributed by atoms with E-state index in [2.05, 4.69) is 31.7 Å². The Balaban J connectivity index is 2.09. The molecule has 1 atom stereocenters. The summed E-state index contributed by atoms with van der Waals surface area (Å²) in [5, 5.41) is 0. The van der Waals surface area contributed by atoms with E-state index in [1.807, 2.05) is 18.2 Å². The van der Waals surface area contributed by atoms with E-state index >= 15 is 0 Å². The van der Waals surface area contributed by atoms with Crippen LogP contribution in [0.3, 0.4) is 0 Å². The van der Waals surface area contributed by atoms with Crippen LogP contribution in [0.25, 0.3) is 0 Å². The van der Waals surface area contributed by atoms with Crippen molar-refractivity contribution in [2.45, 2.75) is 39.5 Å². The predicted octanol–water partition coefficient (Wildman–Crippen LogP) is 3.72. The van der Waals surface area contributed by atoms with Crippen LogP contribution in [-0.2, 0) is 0 Å². The van der Waals surface area contributed by atoms with Gasteiger partial charge in [0.1, 0.15) is 0 Å². The molecule has 0 aromatic heterocycles. The van der Waals surface area contributed by atoms with Crippen LogP contribution in [0.15, 0.2) is 24.3 Å². The molecule has 19 heavy (non-hydrogen) atoms. The molecule has 1 saturated heterocycles. The minimum atomic E-state index is 0.0954. The third-order valence-corrected chi connectivity index (χ3v) is 4.03. The molecule has 0 saturated carbocycles. The zero-order valence-electron chi connectivity index (χ0n) is 12.4. The molecule has 1 aromatic carbocycles. The van der Waals surface area contributed by atoms with Gasteiger partial charge in [0.15, 0.2) is 5.78 Å². The summed E-state index contributed by atoms with van der Waals surface area (Å²) in [5.41, 5.74) is 2.10. The van der Waals surface area contributed by atoms with Gasteiger partial charge in [-0.25, -0.2) is 0 Å². The van der Waals surface area contributed by atoms with Crippen molar-refractivity contribution >= 4 is 5.78 Å². The lowest BCUT2D eigenvalue weighted by Gasteiger charge is -2.21. The molecule has 1 aliphatic rings. The lowest BCUT2D eigenvalue weighted by molar-refractivity contribution is 0.0901. The van der Waals surface area contributed by atoms with Gasteiger partial charge in [0.25, 0.3) is 0 Å². The fraction of sp³-hybridized carbons (Fsp3) is 0.588. The SMILES string of the molecule is CC(CN1CCCC1)C(=O)c1ccccc1C(C)C. The molecular weight excluding hydrogens is 234 g/mol. The summed E-state index contributed by atoms with van der Waals surface area (Å²) in [6, 6.07) is 8.07. The number of likely N-dealkylation sites (tertiary alicyclic amines) is 1. The molecule has 104 valence electrons. The maximum absolute atomic E-state index is 12.6. The fourth-order valence-corrected chi connectivity index (χ4v) is 2.93. The smallest absolute Gasteiger partial charge is 0.167 e. The Bertz CT molecular complexity index is 433. The minimum Gasteiger partial charge on any atom is -0.303 e. The number of Topliss-reactive ketones (excluding diaryl/α,β-unsaturated/α-hetero) is 1. The van der Waals surface area contributed by atoms with Gasteiger partial charge in [0.05, 0.1) is 0 Å². The Kier molecular flexibility index (Phi) is 4.76. The summed E-state index contributed by atoms with van der Waals surface area (Å²) < 4.78 is 0. The maximum Gasteiger partial charge on any atom is 0.167 e. The van der Waals surface area contributed by atoms with E-state index in [9.17, 15) is 4.79 Å². The van der Waals surface area contributed by atoms with Crippen LogP contribution in [0.5, 0.6) is 0 Å². The lowest BCUT2D eigenvalue weighted by Crippen LogP contribution is -2.30. The van der Waals surface area contributed by atoms with Gasteiger partial charge in [-0.2, -0.15) is 0 Å². The van der Waals surface area contributed by atoms with Gasteiger partial charge >= 0.3 is 0 Å². The Hall–Kier alpha value is -1.15. The highest BCUT2D eigenvalue weighted by Crippen LogP contribution is 2.22. The number of hydrogen-bond donors (Lipinski definition) is 0. The second-order valence-electron chi connectivity index (χ2n) is 6.01. The monoisotopic (exact) mass is 259 g/mol. The van der Waals surface area contributed by atoms with Crippen molar-refractivity contribution < 1.29 is 4.79 Å². The first kappa shape index (κ1) is 14.3. The molecule has 1 fully saturated rings. The standard InChI is InChI=1S/C17H25NO/c1-13(2)15-8-4-5-9-16(15)17(19)14(3)12-18-10-6-7-11-18/h4-5,8-9,13-14H,6-7,10-12H2,1-3H3. The largest absolute Gasteiger partial charge is 0.303 e. The quantitative estimate of drug-likeness (QED) is 0.751. The van der Waals surface area contributed by atoms with E-state index in [0.717, 1.165) is 25.2 Å². The summed E-state index contributed by atoms with van der Waals surface area (Å²) in [5.74, 6) is 0.799. The minimum absolute atomic E-state index is 0.0954. The van der Waals surface area contributed by atoms with E-state index in [-0.39, 0.29) is 5.92 Å². The Labute approximate surface area is 116 Å². The Morgan fingerprint density at radius 3 is 2.42 bits per heavy atom.